The van der Waals surface area contributed by atoms with E-state index in [1.165, 1.54) is 19.3 Å². The maximum atomic E-state index is 5.45. The van der Waals surface area contributed by atoms with Gasteiger partial charge in [-0.3, -0.25) is 0 Å². The van der Waals surface area contributed by atoms with Crippen molar-refractivity contribution in [2.75, 3.05) is 23.9 Å². The Bertz CT molecular complexity index is 544. The summed E-state index contributed by atoms with van der Waals surface area (Å²) in [7, 11) is 2.07. The van der Waals surface area contributed by atoms with Gasteiger partial charge in [-0.1, -0.05) is 6.42 Å². The Morgan fingerprint density at radius 1 is 1.56 bits per heavy atom. The minimum Gasteiger partial charge on any atom is -0.356 e. The molecule has 0 aromatic carbocycles. The smallest absolute Gasteiger partial charge is 0.180 e. The summed E-state index contributed by atoms with van der Waals surface area (Å²) in [5.74, 6) is 7.77. The number of nitrogens with two attached hydrogens (primary N) is 1. The number of fused-ring (bicyclic) bond motifs is 1. The van der Waals surface area contributed by atoms with Crippen LogP contribution in [0.15, 0.2) is 18.6 Å². The molecule has 2 aromatic heterocycles. The third-order valence-corrected chi connectivity index (χ3v) is 3.62. The van der Waals surface area contributed by atoms with Crippen molar-refractivity contribution < 1.29 is 0 Å². The summed E-state index contributed by atoms with van der Waals surface area (Å²) in [6.07, 6.45) is 9.52. The van der Waals surface area contributed by atoms with Gasteiger partial charge in [-0.25, -0.2) is 15.8 Å². The molecule has 0 unspecified atom stereocenters. The average molecular weight is 246 g/mol. The van der Waals surface area contributed by atoms with Crippen LogP contribution in [0.3, 0.4) is 0 Å². The molecule has 0 atom stereocenters. The number of nitrogen functional groups attached to an aromatic ring is 1. The van der Waals surface area contributed by atoms with E-state index in [0.717, 1.165) is 23.9 Å². The van der Waals surface area contributed by atoms with E-state index in [-0.39, 0.29) is 0 Å². The summed E-state index contributed by atoms with van der Waals surface area (Å²) in [5, 5.41) is 0. The molecule has 18 heavy (non-hydrogen) atoms. The van der Waals surface area contributed by atoms with Crippen LogP contribution in [0.5, 0.6) is 0 Å². The van der Waals surface area contributed by atoms with Crippen molar-refractivity contribution >= 4 is 17.3 Å². The molecule has 0 spiro atoms. The molecule has 0 amide bonds. The lowest BCUT2D eigenvalue weighted by atomic mass is 9.85. The highest BCUT2D eigenvalue weighted by atomic mass is 15.3. The molecule has 1 saturated carbocycles. The fraction of sp³-hybridized carbons (Fsp3) is 0.500. The molecule has 6 heteroatoms. The first-order chi connectivity index (χ1) is 8.78. The van der Waals surface area contributed by atoms with Crippen LogP contribution in [0.1, 0.15) is 19.3 Å². The third-order valence-electron chi connectivity index (χ3n) is 3.62. The zero-order valence-electron chi connectivity index (χ0n) is 10.5. The number of imidazole rings is 1. The van der Waals surface area contributed by atoms with Crippen molar-refractivity contribution in [2.45, 2.75) is 19.3 Å². The van der Waals surface area contributed by atoms with E-state index < -0.39 is 0 Å². The second-order valence-electron chi connectivity index (χ2n) is 4.93. The van der Waals surface area contributed by atoms with Gasteiger partial charge in [0.05, 0.1) is 6.20 Å². The third kappa shape index (κ3) is 1.88. The van der Waals surface area contributed by atoms with E-state index in [1.54, 1.807) is 6.20 Å². The Hall–Kier alpha value is -1.82. The zero-order chi connectivity index (χ0) is 12.5. The molecule has 2 aromatic rings. The van der Waals surface area contributed by atoms with Gasteiger partial charge in [0.25, 0.3) is 0 Å². The summed E-state index contributed by atoms with van der Waals surface area (Å²) in [5.41, 5.74) is 3.47. The van der Waals surface area contributed by atoms with Crippen LogP contribution >= 0.6 is 0 Å². The van der Waals surface area contributed by atoms with E-state index in [1.807, 2.05) is 16.8 Å². The first-order valence-electron chi connectivity index (χ1n) is 6.29. The monoisotopic (exact) mass is 246 g/mol. The second-order valence-corrected chi connectivity index (χ2v) is 4.93. The number of nitrogens with zero attached hydrogens (tertiary/aromatic N) is 4. The minimum absolute atomic E-state index is 0.649. The zero-order valence-corrected chi connectivity index (χ0v) is 10.5. The highest BCUT2D eigenvalue weighted by Gasteiger charge is 2.21. The van der Waals surface area contributed by atoms with Gasteiger partial charge in [0.1, 0.15) is 0 Å². The number of hydrogen-bond donors (Lipinski definition) is 2. The van der Waals surface area contributed by atoms with E-state index >= 15 is 0 Å². The number of hydrogen-bond acceptors (Lipinski definition) is 5. The van der Waals surface area contributed by atoms with Crippen LogP contribution in [-0.4, -0.2) is 28.0 Å². The van der Waals surface area contributed by atoms with Crippen LogP contribution in [0.2, 0.25) is 0 Å². The lowest BCUT2D eigenvalue weighted by molar-refractivity contribution is 0.321. The Morgan fingerprint density at radius 3 is 3.06 bits per heavy atom. The molecule has 0 aliphatic heterocycles. The van der Waals surface area contributed by atoms with Crippen LogP contribution in [0.25, 0.3) is 5.65 Å². The Morgan fingerprint density at radius 2 is 2.39 bits per heavy atom. The second kappa shape index (κ2) is 4.45. The van der Waals surface area contributed by atoms with Crippen LogP contribution in [0, 0.1) is 5.92 Å². The molecule has 2 heterocycles. The molecular formula is C12H18N6. The fourth-order valence-electron chi connectivity index (χ4n) is 2.39. The van der Waals surface area contributed by atoms with Crippen molar-refractivity contribution in [1.82, 2.24) is 14.4 Å². The first-order valence-corrected chi connectivity index (χ1v) is 6.29. The summed E-state index contributed by atoms with van der Waals surface area (Å²) in [6.45, 7) is 1.03. The van der Waals surface area contributed by atoms with Gasteiger partial charge in [-0.2, -0.15) is 0 Å². The number of nitrogens with one attached hydrogen (secondary N) is 1. The van der Waals surface area contributed by atoms with E-state index in [9.17, 15) is 0 Å². The molecule has 1 fully saturated rings. The van der Waals surface area contributed by atoms with Crippen molar-refractivity contribution in [1.29, 1.82) is 0 Å². The summed E-state index contributed by atoms with van der Waals surface area (Å²) >= 11 is 0. The normalized spacial score (nSPS) is 15.7. The maximum Gasteiger partial charge on any atom is 0.180 e. The van der Waals surface area contributed by atoms with E-state index in [0.29, 0.717) is 5.82 Å². The van der Waals surface area contributed by atoms with E-state index in [2.05, 4.69) is 27.3 Å². The van der Waals surface area contributed by atoms with Crippen LogP contribution < -0.4 is 16.2 Å². The molecule has 0 bridgehead atoms. The Kier molecular flexibility index (Phi) is 2.79. The number of hydrazine groups is 1. The summed E-state index contributed by atoms with van der Waals surface area (Å²) < 4.78 is 1.94. The van der Waals surface area contributed by atoms with Crippen LogP contribution in [0.4, 0.5) is 11.6 Å². The fourth-order valence-corrected chi connectivity index (χ4v) is 2.39. The van der Waals surface area contributed by atoms with Crippen molar-refractivity contribution in [3.8, 4) is 0 Å². The first kappa shape index (κ1) is 11.3. The van der Waals surface area contributed by atoms with E-state index in [4.69, 9.17) is 5.84 Å². The van der Waals surface area contributed by atoms with Gasteiger partial charge in [-0.15, -0.1) is 0 Å². The molecule has 0 radical (unpaired) electrons. The standard InChI is InChI=1S/C12H18N6/c1-17(7-9-3-2-4-9)12-11-14-5-6-18(11)8-10(15-12)16-13/h5-6,8-9,16H,2-4,7,13H2,1H3. The summed E-state index contributed by atoms with van der Waals surface area (Å²) in [6, 6.07) is 0. The molecule has 6 nitrogen and oxygen atoms in total. The summed E-state index contributed by atoms with van der Waals surface area (Å²) in [4.78, 5) is 11.0. The highest BCUT2D eigenvalue weighted by Crippen LogP contribution is 2.29. The van der Waals surface area contributed by atoms with Gasteiger partial charge in [0.15, 0.2) is 17.3 Å². The quantitative estimate of drug-likeness (QED) is 0.627. The molecule has 0 saturated heterocycles. The van der Waals surface area contributed by atoms with Gasteiger partial charge in [0, 0.05) is 26.0 Å². The topological polar surface area (TPSA) is 71.5 Å². The lowest BCUT2D eigenvalue weighted by Gasteiger charge is -2.30. The largest absolute Gasteiger partial charge is 0.356 e. The van der Waals surface area contributed by atoms with Gasteiger partial charge in [-0.05, 0) is 18.8 Å². The van der Waals surface area contributed by atoms with Gasteiger partial charge < -0.3 is 14.7 Å². The predicted octanol–water partition coefficient (Wildman–Crippen LogP) is 1.25. The Balaban J connectivity index is 1.94. The average Bonchev–Trinajstić information content (AvgIpc) is 2.80. The molecule has 1 aliphatic rings. The molecule has 96 valence electrons. The number of rotatable bonds is 4. The SMILES string of the molecule is CN(CC1CCC1)c1nc(NN)cn2ccnc12. The van der Waals surface area contributed by atoms with Gasteiger partial charge >= 0.3 is 0 Å². The van der Waals surface area contributed by atoms with Crippen molar-refractivity contribution in [2.24, 2.45) is 11.8 Å². The Labute approximate surface area is 106 Å². The van der Waals surface area contributed by atoms with Crippen LogP contribution in [-0.2, 0) is 0 Å². The molecule has 3 rings (SSSR count). The molecular weight excluding hydrogens is 228 g/mol. The lowest BCUT2D eigenvalue weighted by Crippen LogP contribution is -2.30. The van der Waals surface area contributed by atoms with Gasteiger partial charge in [0.2, 0.25) is 0 Å². The van der Waals surface area contributed by atoms with Crippen molar-refractivity contribution in [3.63, 3.8) is 0 Å². The predicted molar refractivity (Wildman–Crippen MR) is 71.4 cm³/mol. The highest BCUT2D eigenvalue weighted by molar-refractivity contribution is 5.66. The molecule has 3 N–H and O–H groups in total. The maximum absolute atomic E-state index is 5.45. The number of anilines is 2. The molecule has 1 aliphatic carbocycles. The minimum atomic E-state index is 0.649. The number of aromatic nitrogens is 3. The van der Waals surface area contributed by atoms with Crippen molar-refractivity contribution in [3.05, 3.63) is 18.6 Å².